The van der Waals surface area contributed by atoms with Crippen LogP contribution in [0, 0.1) is 29.6 Å². The average molecular weight is 464 g/mol. The van der Waals surface area contributed by atoms with Crippen LogP contribution in [0.15, 0.2) is 70.5 Å². The average Bonchev–Trinajstić information content (AvgIpc) is 3.30. The number of nitrogens with zero attached hydrogens (tertiary/aromatic N) is 5. The van der Waals surface area contributed by atoms with Crippen molar-refractivity contribution in [3.05, 3.63) is 92.9 Å². The Morgan fingerprint density at radius 1 is 1.06 bits per heavy atom. The molecule has 3 heterocycles. The Labute approximate surface area is 198 Å². The van der Waals surface area contributed by atoms with Crippen LogP contribution < -0.4 is 11.2 Å². The van der Waals surface area contributed by atoms with Crippen LogP contribution in [0.25, 0.3) is 37.1 Å². The van der Waals surface area contributed by atoms with E-state index in [1.54, 1.807) is 24.4 Å². The lowest BCUT2D eigenvalue weighted by Gasteiger charge is -2.12. The predicted octanol–water partition coefficient (Wildman–Crippen LogP) is 4.52. The van der Waals surface area contributed by atoms with Crippen molar-refractivity contribution in [3.8, 4) is 28.3 Å². The highest BCUT2D eigenvalue weighted by molar-refractivity contribution is 7.22. The second-order valence-electron chi connectivity index (χ2n) is 7.83. The van der Waals surface area contributed by atoms with Crippen LogP contribution in [0.2, 0.25) is 0 Å². The van der Waals surface area contributed by atoms with Crippen molar-refractivity contribution in [3.63, 3.8) is 0 Å². The molecule has 0 saturated carbocycles. The van der Waals surface area contributed by atoms with Crippen LogP contribution >= 0.6 is 11.3 Å². The molecule has 5 rings (SSSR count). The maximum atomic E-state index is 13.7. The highest BCUT2D eigenvalue weighted by Crippen LogP contribution is 2.34. The van der Waals surface area contributed by atoms with Crippen molar-refractivity contribution in [1.29, 1.82) is 10.5 Å². The second-order valence-corrected chi connectivity index (χ2v) is 8.88. The van der Waals surface area contributed by atoms with Gasteiger partial charge in [0.15, 0.2) is 0 Å². The van der Waals surface area contributed by atoms with Gasteiger partial charge in [0.2, 0.25) is 0 Å². The Morgan fingerprint density at radius 3 is 2.68 bits per heavy atom. The molecule has 5 aromatic rings. The number of nitriles is 2. The standard InChI is InChI=1S/C26H17N5O2S/c1-16-7-8-17(13-28)11-20(16)23-12-21-24(34-23)25(32)31(26(33)30(21)10-4-9-27)22-15-29-14-18-5-2-3-6-19(18)22/h2-3,5-8,11-12,14-15H,4,10H2,1H3. The molecule has 0 bridgehead atoms. The fraction of sp³-hybridized carbons (Fsp3) is 0.115. The van der Waals surface area contributed by atoms with Gasteiger partial charge < -0.3 is 0 Å². The number of hydrogen-bond donors (Lipinski definition) is 0. The second kappa shape index (κ2) is 8.43. The van der Waals surface area contributed by atoms with Crippen LogP contribution in [-0.2, 0) is 6.54 Å². The summed E-state index contributed by atoms with van der Waals surface area (Å²) in [6.07, 6.45) is 3.32. The zero-order valence-corrected chi connectivity index (χ0v) is 19.0. The van der Waals surface area contributed by atoms with Crippen molar-refractivity contribution in [2.45, 2.75) is 19.9 Å². The number of aromatic nitrogens is 3. The molecule has 34 heavy (non-hydrogen) atoms. The fourth-order valence-corrected chi connectivity index (χ4v) is 5.28. The first-order chi connectivity index (χ1) is 16.5. The molecule has 0 radical (unpaired) electrons. The van der Waals surface area contributed by atoms with Gasteiger partial charge in [-0.25, -0.2) is 9.36 Å². The maximum absolute atomic E-state index is 13.7. The Kier molecular flexibility index (Phi) is 5.29. The molecule has 0 aliphatic rings. The first kappa shape index (κ1) is 21.3. The van der Waals surface area contributed by atoms with Gasteiger partial charge in [-0.3, -0.25) is 14.3 Å². The number of fused-ring (bicyclic) bond motifs is 2. The maximum Gasteiger partial charge on any atom is 0.336 e. The molecule has 0 spiro atoms. The van der Waals surface area contributed by atoms with Gasteiger partial charge in [-0.2, -0.15) is 10.5 Å². The zero-order valence-electron chi connectivity index (χ0n) is 18.1. The minimum atomic E-state index is -0.516. The largest absolute Gasteiger partial charge is 0.336 e. The lowest BCUT2D eigenvalue weighted by Crippen LogP contribution is -2.38. The number of benzene rings is 2. The van der Waals surface area contributed by atoms with Gasteiger partial charge in [-0.15, -0.1) is 11.3 Å². The first-order valence-electron chi connectivity index (χ1n) is 10.5. The lowest BCUT2D eigenvalue weighted by atomic mass is 10.0. The van der Waals surface area contributed by atoms with Crippen molar-refractivity contribution < 1.29 is 0 Å². The molecule has 0 unspecified atom stereocenters. The van der Waals surface area contributed by atoms with Crippen molar-refractivity contribution in [2.24, 2.45) is 0 Å². The molecule has 3 aromatic heterocycles. The third kappa shape index (κ3) is 3.38. The van der Waals surface area contributed by atoms with E-state index in [4.69, 9.17) is 0 Å². The normalized spacial score (nSPS) is 10.9. The van der Waals surface area contributed by atoms with Crippen LogP contribution in [0.4, 0.5) is 0 Å². The summed E-state index contributed by atoms with van der Waals surface area (Å²) in [4.78, 5) is 32.3. The number of pyridine rings is 1. The van der Waals surface area contributed by atoms with E-state index in [9.17, 15) is 20.1 Å². The minimum absolute atomic E-state index is 0.120. The summed E-state index contributed by atoms with van der Waals surface area (Å²) in [6, 6.07) is 18.9. The Morgan fingerprint density at radius 2 is 1.88 bits per heavy atom. The van der Waals surface area contributed by atoms with E-state index in [2.05, 4.69) is 17.1 Å². The molecule has 164 valence electrons. The van der Waals surface area contributed by atoms with Gasteiger partial charge in [-0.05, 0) is 36.2 Å². The minimum Gasteiger partial charge on any atom is -0.291 e. The van der Waals surface area contributed by atoms with E-state index >= 15 is 0 Å². The zero-order chi connectivity index (χ0) is 23.8. The molecular formula is C26H17N5O2S. The molecule has 0 aliphatic heterocycles. The van der Waals surface area contributed by atoms with Crippen LogP contribution in [-0.4, -0.2) is 14.1 Å². The SMILES string of the molecule is Cc1ccc(C#N)cc1-c1cc2c(s1)c(=O)n(-c1cncc3ccccc13)c(=O)n2CCC#N. The summed E-state index contributed by atoms with van der Waals surface area (Å²) in [7, 11) is 0. The summed E-state index contributed by atoms with van der Waals surface area (Å²) < 4.78 is 3.03. The molecule has 0 atom stereocenters. The van der Waals surface area contributed by atoms with Gasteiger partial charge in [0.25, 0.3) is 5.56 Å². The number of aryl methyl sites for hydroxylation is 2. The van der Waals surface area contributed by atoms with Gasteiger partial charge >= 0.3 is 5.69 Å². The Bertz CT molecular complexity index is 1790. The van der Waals surface area contributed by atoms with Crippen LogP contribution in [0.5, 0.6) is 0 Å². The molecule has 0 saturated heterocycles. The molecule has 7 nitrogen and oxygen atoms in total. The highest BCUT2D eigenvalue weighted by atomic mass is 32.1. The quantitative estimate of drug-likeness (QED) is 0.390. The molecule has 0 aliphatic carbocycles. The highest BCUT2D eigenvalue weighted by Gasteiger charge is 2.20. The predicted molar refractivity (Wildman–Crippen MR) is 132 cm³/mol. The summed E-state index contributed by atoms with van der Waals surface area (Å²) in [5, 5.41) is 20.1. The van der Waals surface area contributed by atoms with Crippen molar-refractivity contribution in [2.75, 3.05) is 0 Å². The van der Waals surface area contributed by atoms with Crippen molar-refractivity contribution in [1.82, 2.24) is 14.1 Å². The molecule has 2 aromatic carbocycles. The third-order valence-corrected chi connectivity index (χ3v) is 6.94. The Balaban J connectivity index is 1.86. The number of thiophene rings is 1. The van der Waals surface area contributed by atoms with Gasteiger partial charge in [0.1, 0.15) is 4.70 Å². The number of rotatable bonds is 4. The fourth-order valence-electron chi connectivity index (χ4n) is 4.11. The van der Waals surface area contributed by atoms with Gasteiger partial charge in [0.05, 0.1) is 41.5 Å². The molecule has 0 N–H and O–H groups in total. The van der Waals surface area contributed by atoms with E-state index in [0.29, 0.717) is 21.5 Å². The topological polar surface area (TPSA) is 104 Å². The van der Waals surface area contributed by atoms with Crippen LogP contribution in [0.3, 0.4) is 0 Å². The molecule has 0 fully saturated rings. The monoisotopic (exact) mass is 463 g/mol. The molecular weight excluding hydrogens is 446 g/mol. The smallest absolute Gasteiger partial charge is 0.291 e. The Hall–Kier alpha value is -4.53. The lowest BCUT2D eigenvalue weighted by molar-refractivity contribution is 0.663. The van der Waals surface area contributed by atoms with E-state index in [0.717, 1.165) is 31.3 Å². The summed E-state index contributed by atoms with van der Waals surface area (Å²) >= 11 is 1.28. The van der Waals surface area contributed by atoms with Crippen molar-refractivity contribution >= 4 is 32.3 Å². The van der Waals surface area contributed by atoms with Crippen LogP contribution in [0.1, 0.15) is 17.5 Å². The van der Waals surface area contributed by atoms with E-state index in [-0.39, 0.29) is 13.0 Å². The third-order valence-electron chi connectivity index (χ3n) is 5.79. The molecule has 0 amide bonds. The van der Waals surface area contributed by atoms with E-state index < -0.39 is 11.2 Å². The van der Waals surface area contributed by atoms with E-state index in [1.807, 2.05) is 37.3 Å². The first-order valence-corrected chi connectivity index (χ1v) is 11.4. The summed E-state index contributed by atoms with van der Waals surface area (Å²) in [6.45, 7) is 2.08. The van der Waals surface area contributed by atoms with E-state index in [1.165, 1.54) is 22.1 Å². The number of hydrogen-bond acceptors (Lipinski definition) is 6. The summed E-state index contributed by atoms with van der Waals surface area (Å²) in [5.41, 5.74) is 2.23. The molecule has 8 heteroatoms. The summed E-state index contributed by atoms with van der Waals surface area (Å²) in [5.74, 6) is 0. The van der Waals surface area contributed by atoms with Gasteiger partial charge in [0, 0.05) is 28.4 Å². The van der Waals surface area contributed by atoms with Gasteiger partial charge in [-0.1, -0.05) is 30.3 Å².